The largest absolute Gasteiger partial charge is 0.342 e. The van der Waals surface area contributed by atoms with E-state index in [0.29, 0.717) is 6.42 Å². The number of rotatable bonds is 4. The summed E-state index contributed by atoms with van der Waals surface area (Å²) in [5, 5.41) is 2.70. The zero-order valence-electron chi connectivity index (χ0n) is 9.59. The van der Waals surface area contributed by atoms with Gasteiger partial charge in [0.1, 0.15) is 5.82 Å². The molecule has 1 aromatic carbocycles. The number of carbonyl (C=O) groups is 2. The van der Waals surface area contributed by atoms with Gasteiger partial charge in [0.15, 0.2) is 5.78 Å². The van der Waals surface area contributed by atoms with Crippen LogP contribution in [0.15, 0.2) is 18.2 Å². The van der Waals surface area contributed by atoms with Gasteiger partial charge in [0.25, 0.3) is 5.91 Å². The molecule has 1 amide bonds. The first kappa shape index (κ1) is 13.6. The van der Waals surface area contributed by atoms with Crippen molar-refractivity contribution in [3.8, 4) is 0 Å². The van der Waals surface area contributed by atoms with Gasteiger partial charge in [-0.1, -0.05) is 18.5 Å². The van der Waals surface area contributed by atoms with Gasteiger partial charge in [0, 0.05) is 11.4 Å². The van der Waals surface area contributed by atoms with Gasteiger partial charge in [0.05, 0.1) is 11.6 Å². The number of hydrogen-bond acceptors (Lipinski definition) is 2. The highest BCUT2D eigenvalue weighted by atomic mass is 35.5. The summed E-state index contributed by atoms with van der Waals surface area (Å²) in [4.78, 5) is 23.0. The van der Waals surface area contributed by atoms with E-state index in [2.05, 4.69) is 5.32 Å². The highest BCUT2D eigenvalue weighted by molar-refractivity contribution is 6.31. The van der Waals surface area contributed by atoms with E-state index in [9.17, 15) is 14.0 Å². The molecule has 0 saturated heterocycles. The molecule has 0 bridgehead atoms. The Labute approximate surface area is 104 Å². The van der Waals surface area contributed by atoms with E-state index < -0.39 is 17.8 Å². The Morgan fingerprint density at radius 1 is 1.47 bits per heavy atom. The van der Waals surface area contributed by atoms with Gasteiger partial charge in [0.2, 0.25) is 0 Å². The number of Topliss-reactive ketones (excluding diaryl/α,β-unsaturated/α-hetero) is 1. The summed E-state index contributed by atoms with van der Waals surface area (Å²) in [6.45, 7) is 3.26. The van der Waals surface area contributed by atoms with Gasteiger partial charge in [-0.2, -0.15) is 0 Å². The molecule has 0 radical (unpaired) electrons. The molecule has 1 unspecified atom stereocenters. The molecule has 3 nitrogen and oxygen atoms in total. The van der Waals surface area contributed by atoms with Crippen molar-refractivity contribution in [3.05, 3.63) is 34.6 Å². The third kappa shape index (κ3) is 3.53. The average Bonchev–Trinajstić information content (AvgIpc) is 2.30. The summed E-state index contributed by atoms with van der Waals surface area (Å²) < 4.78 is 13.3. The lowest BCUT2D eigenvalue weighted by atomic mass is 10.1. The predicted molar refractivity (Wildman–Crippen MR) is 63.6 cm³/mol. The van der Waals surface area contributed by atoms with Crippen LogP contribution in [0.4, 0.5) is 4.39 Å². The first-order valence-electron chi connectivity index (χ1n) is 5.24. The van der Waals surface area contributed by atoms with Crippen molar-refractivity contribution in [2.45, 2.75) is 26.3 Å². The average molecular weight is 258 g/mol. The van der Waals surface area contributed by atoms with E-state index >= 15 is 0 Å². The van der Waals surface area contributed by atoms with Crippen molar-refractivity contribution >= 4 is 23.3 Å². The fraction of sp³-hybridized carbons (Fsp3) is 0.333. The van der Waals surface area contributed by atoms with Crippen molar-refractivity contribution in [2.75, 3.05) is 0 Å². The quantitative estimate of drug-likeness (QED) is 0.901. The van der Waals surface area contributed by atoms with Gasteiger partial charge in [-0.3, -0.25) is 9.59 Å². The Hall–Kier alpha value is -1.42. The van der Waals surface area contributed by atoms with Crippen molar-refractivity contribution in [1.82, 2.24) is 5.32 Å². The summed E-state index contributed by atoms with van der Waals surface area (Å²) in [5.74, 6) is -1.41. The zero-order valence-corrected chi connectivity index (χ0v) is 10.3. The van der Waals surface area contributed by atoms with Crippen molar-refractivity contribution in [1.29, 1.82) is 0 Å². The molecule has 92 valence electrons. The first-order chi connectivity index (χ1) is 7.95. The molecule has 5 heteroatoms. The minimum absolute atomic E-state index is 0.110. The molecule has 1 atom stereocenters. The minimum Gasteiger partial charge on any atom is -0.342 e. The zero-order chi connectivity index (χ0) is 13.0. The highest BCUT2D eigenvalue weighted by Gasteiger charge is 2.17. The van der Waals surface area contributed by atoms with Crippen LogP contribution in [0.2, 0.25) is 5.02 Å². The molecular weight excluding hydrogens is 245 g/mol. The smallest absolute Gasteiger partial charge is 0.254 e. The molecule has 0 aliphatic heterocycles. The van der Waals surface area contributed by atoms with Gasteiger partial charge < -0.3 is 5.32 Å². The molecule has 1 N–H and O–H groups in total. The molecule has 1 rings (SSSR count). The molecule has 0 fully saturated rings. The van der Waals surface area contributed by atoms with Crippen LogP contribution < -0.4 is 5.32 Å². The van der Waals surface area contributed by atoms with Crippen molar-refractivity contribution in [2.24, 2.45) is 0 Å². The summed E-state index contributed by atoms with van der Waals surface area (Å²) in [6, 6.07) is 3.07. The Bertz CT molecular complexity index is 448. The first-order valence-corrected chi connectivity index (χ1v) is 5.62. The van der Waals surface area contributed by atoms with Crippen LogP contribution in [0, 0.1) is 5.82 Å². The minimum atomic E-state index is -0.664. The summed E-state index contributed by atoms with van der Waals surface area (Å²) in [5.41, 5.74) is -0.159. The van der Waals surface area contributed by atoms with Gasteiger partial charge in [-0.05, 0) is 25.1 Å². The molecule has 0 aliphatic rings. The SMILES string of the molecule is CCC(=O)C(C)NC(=O)c1cc(Cl)ccc1F. The van der Waals surface area contributed by atoms with Crippen LogP contribution in [-0.2, 0) is 4.79 Å². The van der Waals surface area contributed by atoms with Crippen LogP contribution in [0.5, 0.6) is 0 Å². The molecule has 0 heterocycles. The molecular formula is C12H13ClFNO2. The van der Waals surface area contributed by atoms with E-state index in [-0.39, 0.29) is 16.4 Å². The number of nitrogens with one attached hydrogen (secondary N) is 1. The molecule has 17 heavy (non-hydrogen) atoms. The molecule has 0 aromatic heterocycles. The second-order valence-corrected chi connectivity index (χ2v) is 4.08. The van der Waals surface area contributed by atoms with Crippen LogP contribution in [0.1, 0.15) is 30.6 Å². The number of amides is 1. The van der Waals surface area contributed by atoms with E-state index in [4.69, 9.17) is 11.6 Å². The Kier molecular flexibility index (Phi) is 4.63. The van der Waals surface area contributed by atoms with E-state index in [1.165, 1.54) is 12.1 Å². The number of benzene rings is 1. The number of carbonyl (C=O) groups excluding carboxylic acids is 2. The van der Waals surface area contributed by atoms with Gasteiger partial charge in [-0.25, -0.2) is 4.39 Å². The summed E-state index contributed by atoms with van der Waals surface area (Å²) >= 11 is 5.67. The lowest BCUT2D eigenvalue weighted by molar-refractivity contribution is -0.120. The third-order valence-electron chi connectivity index (χ3n) is 2.35. The van der Waals surface area contributed by atoms with E-state index in [1.807, 2.05) is 0 Å². The normalized spacial score (nSPS) is 12.0. The Morgan fingerprint density at radius 2 is 2.12 bits per heavy atom. The summed E-state index contributed by atoms with van der Waals surface area (Å²) in [6.07, 6.45) is 0.319. The fourth-order valence-corrected chi connectivity index (χ4v) is 1.50. The topological polar surface area (TPSA) is 46.2 Å². The highest BCUT2D eigenvalue weighted by Crippen LogP contribution is 2.14. The Balaban J connectivity index is 2.83. The van der Waals surface area contributed by atoms with E-state index in [0.717, 1.165) is 6.07 Å². The van der Waals surface area contributed by atoms with Gasteiger partial charge >= 0.3 is 0 Å². The lowest BCUT2D eigenvalue weighted by Crippen LogP contribution is -2.38. The molecule has 0 aliphatic carbocycles. The fourth-order valence-electron chi connectivity index (χ4n) is 1.33. The van der Waals surface area contributed by atoms with Gasteiger partial charge in [-0.15, -0.1) is 0 Å². The molecule has 0 saturated carbocycles. The number of hydrogen-bond donors (Lipinski definition) is 1. The second kappa shape index (κ2) is 5.77. The standard InChI is InChI=1S/C12H13ClFNO2/c1-3-11(16)7(2)15-12(17)9-6-8(13)4-5-10(9)14/h4-7H,3H2,1-2H3,(H,15,17). The van der Waals surface area contributed by atoms with E-state index in [1.54, 1.807) is 13.8 Å². The lowest BCUT2D eigenvalue weighted by Gasteiger charge is -2.12. The monoisotopic (exact) mass is 257 g/mol. The number of ketones is 1. The van der Waals surface area contributed by atoms with Crippen LogP contribution in [0.3, 0.4) is 0 Å². The number of halogens is 2. The van der Waals surface area contributed by atoms with Crippen molar-refractivity contribution in [3.63, 3.8) is 0 Å². The van der Waals surface area contributed by atoms with Crippen molar-refractivity contribution < 1.29 is 14.0 Å². The molecule has 1 aromatic rings. The van der Waals surface area contributed by atoms with Crippen LogP contribution in [0.25, 0.3) is 0 Å². The Morgan fingerprint density at radius 3 is 2.71 bits per heavy atom. The summed E-state index contributed by atoms with van der Waals surface area (Å²) in [7, 11) is 0. The second-order valence-electron chi connectivity index (χ2n) is 3.64. The maximum Gasteiger partial charge on any atom is 0.254 e. The maximum absolute atomic E-state index is 13.3. The maximum atomic E-state index is 13.3. The predicted octanol–water partition coefficient (Wildman–Crippen LogP) is 2.58. The molecule has 0 spiro atoms. The van der Waals surface area contributed by atoms with Crippen LogP contribution >= 0.6 is 11.6 Å². The third-order valence-corrected chi connectivity index (χ3v) is 2.59. The van der Waals surface area contributed by atoms with Crippen LogP contribution in [-0.4, -0.2) is 17.7 Å².